The summed E-state index contributed by atoms with van der Waals surface area (Å²) in [5.74, 6) is 0.0139. The zero-order valence-electron chi connectivity index (χ0n) is 17.7. The summed E-state index contributed by atoms with van der Waals surface area (Å²) < 4.78 is 33.6. The second kappa shape index (κ2) is 8.91. The Balaban J connectivity index is 1.82. The van der Waals surface area contributed by atoms with Gasteiger partial charge in [-0.2, -0.15) is 0 Å². The number of rotatable bonds is 5. The summed E-state index contributed by atoms with van der Waals surface area (Å²) in [6.07, 6.45) is 2.59. The first-order valence-electron chi connectivity index (χ1n) is 9.76. The predicted molar refractivity (Wildman–Crippen MR) is 118 cm³/mol. The van der Waals surface area contributed by atoms with Gasteiger partial charge in [-0.3, -0.25) is 4.79 Å². The zero-order chi connectivity index (χ0) is 21.9. The number of carbonyl (C=O) groups excluding carboxylic acids is 1. The van der Waals surface area contributed by atoms with Crippen molar-refractivity contribution in [3.8, 4) is 5.75 Å². The molecule has 1 amide bonds. The molecule has 0 bridgehead atoms. The van der Waals surface area contributed by atoms with E-state index < -0.39 is 15.6 Å². The van der Waals surface area contributed by atoms with Crippen molar-refractivity contribution in [3.63, 3.8) is 0 Å². The van der Waals surface area contributed by atoms with Crippen molar-refractivity contribution in [1.82, 2.24) is 14.6 Å². The monoisotopic (exact) mass is 452 g/mol. The third-order valence-corrected chi connectivity index (χ3v) is 7.22. The molecule has 8 nitrogen and oxygen atoms in total. The number of benzene rings is 1. The zero-order valence-corrected chi connectivity index (χ0v) is 19.3. The summed E-state index contributed by atoms with van der Waals surface area (Å²) in [6, 6.07) is 4.55. The molecule has 2 heterocycles. The first-order valence-corrected chi connectivity index (χ1v) is 12.1. The van der Waals surface area contributed by atoms with E-state index in [0.29, 0.717) is 25.2 Å². The third-order valence-electron chi connectivity index (χ3n) is 4.61. The van der Waals surface area contributed by atoms with Crippen LogP contribution >= 0.6 is 11.3 Å². The van der Waals surface area contributed by atoms with Crippen molar-refractivity contribution in [2.45, 2.75) is 37.6 Å². The molecule has 1 aromatic carbocycles. The van der Waals surface area contributed by atoms with Gasteiger partial charge in [0.05, 0.1) is 7.11 Å². The Morgan fingerprint density at radius 2 is 1.97 bits per heavy atom. The number of methoxy groups -OCH3 is 1. The average molecular weight is 453 g/mol. The minimum atomic E-state index is -3.85. The molecule has 1 N–H and O–H groups in total. The van der Waals surface area contributed by atoms with Gasteiger partial charge in [0.25, 0.3) is 5.91 Å². The fraction of sp³-hybridized carbons (Fsp3) is 0.500. The molecule has 0 atom stereocenters. The first kappa shape index (κ1) is 22.5. The van der Waals surface area contributed by atoms with Gasteiger partial charge in [0, 0.05) is 48.9 Å². The lowest BCUT2D eigenvalue weighted by Crippen LogP contribution is -2.40. The van der Waals surface area contributed by atoms with Crippen molar-refractivity contribution >= 4 is 32.4 Å². The van der Waals surface area contributed by atoms with Gasteiger partial charge in [-0.1, -0.05) is 0 Å². The van der Waals surface area contributed by atoms with E-state index in [0.717, 1.165) is 18.1 Å². The highest BCUT2D eigenvalue weighted by atomic mass is 32.2. The lowest BCUT2D eigenvalue weighted by Gasteiger charge is -2.23. The van der Waals surface area contributed by atoms with E-state index in [1.807, 2.05) is 5.38 Å². The number of aromatic nitrogens is 1. The van der Waals surface area contributed by atoms with E-state index >= 15 is 0 Å². The van der Waals surface area contributed by atoms with Gasteiger partial charge in [-0.15, -0.1) is 11.3 Å². The fourth-order valence-electron chi connectivity index (χ4n) is 3.34. The van der Waals surface area contributed by atoms with Crippen LogP contribution in [0.2, 0.25) is 0 Å². The molecule has 0 spiro atoms. The number of sulfonamides is 1. The van der Waals surface area contributed by atoms with E-state index in [4.69, 9.17) is 4.74 Å². The molecular weight excluding hydrogens is 424 g/mol. The summed E-state index contributed by atoms with van der Waals surface area (Å²) in [7, 11) is -2.44. The van der Waals surface area contributed by atoms with Crippen LogP contribution in [0, 0.1) is 0 Å². The van der Waals surface area contributed by atoms with Gasteiger partial charge in [0.2, 0.25) is 10.0 Å². The lowest BCUT2D eigenvalue weighted by molar-refractivity contribution is 0.0766. The Morgan fingerprint density at radius 1 is 1.20 bits per heavy atom. The highest BCUT2D eigenvalue weighted by Gasteiger charge is 2.28. The molecule has 1 fully saturated rings. The normalized spacial score (nSPS) is 15.7. The van der Waals surface area contributed by atoms with Crippen LogP contribution in [0.4, 0.5) is 5.13 Å². The molecule has 1 aromatic heterocycles. The van der Waals surface area contributed by atoms with E-state index in [-0.39, 0.29) is 16.6 Å². The number of amides is 1. The predicted octanol–water partition coefficient (Wildman–Crippen LogP) is 2.58. The topological polar surface area (TPSA) is 91.8 Å². The van der Waals surface area contributed by atoms with Gasteiger partial charge < -0.3 is 14.5 Å². The summed E-state index contributed by atoms with van der Waals surface area (Å²) in [6.45, 7) is 7.95. The molecule has 164 valence electrons. The molecule has 0 unspecified atom stereocenters. The molecule has 10 heteroatoms. The first-order chi connectivity index (χ1) is 14.1. The molecule has 30 heavy (non-hydrogen) atoms. The SMILES string of the molecule is COc1ccc(C(=O)N2CCCN(c3nccs3)CC2)cc1S(=O)(=O)NC(C)(C)C. The molecule has 0 radical (unpaired) electrons. The smallest absolute Gasteiger partial charge is 0.253 e. The van der Waals surface area contributed by atoms with Crippen LogP contribution in [0.5, 0.6) is 5.75 Å². The Labute approximate surface area is 181 Å². The minimum absolute atomic E-state index is 0.0370. The molecular formula is C20H28N4O4S2. The summed E-state index contributed by atoms with van der Waals surface area (Å²) >= 11 is 1.58. The largest absolute Gasteiger partial charge is 0.495 e. The minimum Gasteiger partial charge on any atom is -0.495 e. The van der Waals surface area contributed by atoms with Gasteiger partial charge >= 0.3 is 0 Å². The number of carbonyl (C=O) groups is 1. The lowest BCUT2D eigenvalue weighted by atomic mass is 10.1. The van der Waals surface area contributed by atoms with E-state index in [2.05, 4.69) is 14.6 Å². The second-order valence-electron chi connectivity index (χ2n) is 8.17. The Bertz CT molecular complexity index is 985. The molecule has 1 saturated heterocycles. The maximum atomic E-state index is 13.1. The van der Waals surface area contributed by atoms with Crippen molar-refractivity contribution in [2.24, 2.45) is 0 Å². The van der Waals surface area contributed by atoms with Crippen molar-refractivity contribution in [1.29, 1.82) is 0 Å². The number of nitrogens with zero attached hydrogens (tertiary/aromatic N) is 3. The standard InChI is InChI=1S/C20H28N4O4S2/c1-20(2,3)22-30(26,27)17-14-15(6-7-16(17)28-4)18(25)23-9-5-10-24(12-11-23)19-21-8-13-29-19/h6-8,13-14,22H,5,9-12H2,1-4H3. The molecule has 1 aliphatic heterocycles. The number of anilines is 1. The molecule has 2 aromatic rings. The van der Waals surface area contributed by atoms with Gasteiger partial charge in [0.15, 0.2) is 5.13 Å². The Hall–Kier alpha value is -2.17. The average Bonchev–Trinajstić information content (AvgIpc) is 3.10. The Kier molecular flexibility index (Phi) is 6.68. The van der Waals surface area contributed by atoms with Crippen molar-refractivity contribution in [2.75, 3.05) is 38.2 Å². The van der Waals surface area contributed by atoms with Crippen molar-refractivity contribution in [3.05, 3.63) is 35.3 Å². The molecule has 3 rings (SSSR count). The van der Waals surface area contributed by atoms with Crippen molar-refractivity contribution < 1.29 is 17.9 Å². The second-order valence-corrected chi connectivity index (χ2v) is 10.7. The number of hydrogen-bond acceptors (Lipinski definition) is 7. The molecule has 0 aliphatic carbocycles. The summed E-state index contributed by atoms with van der Waals surface area (Å²) in [5.41, 5.74) is -0.332. The van der Waals surface area contributed by atoms with E-state index in [9.17, 15) is 13.2 Å². The van der Waals surface area contributed by atoms with Crippen LogP contribution in [0.3, 0.4) is 0 Å². The number of ether oxygens (including phenoxy) is 1. The van der Waals surface area contributed by atoms with Crippen LogP contribution < -0.4 is 14.4 Å². The van der Waals surface area contributed by atoms with Crippen LogP contribution in [-0.4, -0.2) is 63.0 Å². The fourth-order valence-corrected chi connectivity index (χ4v) is 5.66. The van der Waals surface area contributed by atoms with Crippen LogP contribution in [0.25, 0.3) is 0 Å². The highest BCUT2D eigenvalue weighted by molar-refractivity contribution is 7.89. The van der Waals surface area contributed by atoms with Crippen LogP contribution in [-0.2, 0) is 10.0 Å². The van der Waals surface area contributed by atoms with Crippen LogP contribution in [0.1, 0.15) is 37.6 Å². The quantitative estimate of drug-likeness (QED) is 0.750. The highest BCUT2D eigenvalue weighted by Crippen LogP contribution is 2.27. The summed E-state index contributed by atoms with van der Waals surface area (Å²) in [5, 5.41) is 2.89. The molecule has 0 saturated carbocycles. The van der Waals surface area contributed by atoms with Crippen LogP contribution in [0.15, 0.2) is 34.7 Å². The third kappa shape index (κ3) is 5.30. The number of hydrogen-bond donors (Lipinski definition) is 1. The summed E-state index contributed by atoms with van der Waals surface area (Å²) in [4.78, 5) is 21.4. The number of thiazole rings is 1. The molecule has 1 aliphatic rings. The number of nitrogens with one attached hydrogen (secondary N) is 1. The van der Waals surface area contributed by atoms with Gasteiger partial charge in [-0.05, 0) is 45.4 Å². The van der Waals surface area contributed by atoms with Gasteiger partial charge in [0.1, 0.15) is 10.6 Å². The Morgan fingerprint density at radius 3 is 2.60 bits per heavy atom. The van der Waals surface area contributed by atoms with E-state index in [1.165, 1.54) is 19.2 Å². The maximum absolute atomic E-state index is 13.1. The maximum Gasteiger partial charge on any atom is 0.253 e. The van der Waals surface area contributed by atoms with E-state index in [1.54, 1.807) is 49.3 Å². The van der Waals surface area contributed by atoms with Gasteiger partial charge in [-0.25, -0.2) is 18.1 Å².